The van der Waals surface area contributed by atoms with E-state index >= 15 is 0 Å². The van der Waals surface area contributed by atoms with Gasteiger partial charge in [0.15, 0.2) is 0 Å². The van der Waals surface area contributed by atoms with Crippen molar-refractivity contribution in [3.8, 4) is 0 Å². The Morgan fingerprint density at radius 1 is 1.17 bits per heavy atom. The van der Waals surface area contributed by atoms with E-state index in [-0.39, 0.29) is 18.6 Å². The lowest BCUT2D eigenvalue weighted by molar-refractivity contribution is -0.137. The molecule has 0 saturated carbocycles. The van der Waals surface area contributed by atoms with Crippen molar-refractivity contribution in [2.75, 3.05) is 18.2 Å². The van der Waals surface area contributed by atoms with Gasteiger partial charge in [-0.15, -0.1) is 0 Å². The molecule has 2 aliphatic heterocycles. The van der Waals surface area contributed by atoms with E-state index in [1.54, 1.807) is 0 Å². The van der Waals surface area contributed by atoms with Gasteiger partial charge in [0.1, 0.15) is 0 Å². The second-order valence-electron chi connectivity index (χ2n) is 7.40. The summed E-state index contributed by atoms with van der Waals surface area (Å²) in [7, 11) is -3.64. The zero-order chi connectivity index (χ0) is 20.8. The van der Waals surface area contributed by atoms with Gasteiger partial charge in [-0.2, -0.15) is 21.6 Å². The van der Waals surface area contributed by atoms with Crippen molar-refractivity contribution in [1.29, 1.82) is 0 Å². The summed E-state index contributed by atoms with van der Waals surface area (Å²) < 4.78 is 73.2. The van der Waals surface area contributed by atoms with Gasteiger partial charge in [0.2, 0.25) is 0 Å². The van der Waals surface area contributed by atoms with Crippen LogP contribution >= 0.6 is 0 Å². The standard InChI is InChI=1S/C20H20F3NO4S/c1-29(25,26)27-11-14-10-16-18(12-5-3-2-4-6-12)24-17-8-7-13(20(21,22)23)9-15(17)19(16)28-14/h2-9,14,16,18-19,24H,10-11H2,1H3. The van der Waals surface area contributed by atoms with Gasteiger partial charge in [0.25, 0.3) is 10.1 Å². The van der Waals surface area contributed by atoms with Crippen molar-refractivity contribution >= 4 is 15.8 Å². The van der Waals surface area contributed by atoms with Crippen molar-refractivity contribution in [3.05, 3.63) is 65.2 Å². The summed E-state index contributed by atoms with van der Waals surface area (Å²) in [5, 5.41) is 3.35. The molecule has 2 heterocycles. The molecular weight excluding hydrogens is 407 g/mol. The number of alkyl halides is 3. The molecule has 5 nitrogen and oxygen atoms in total. The highest BCUT2D eigenvalue weighted by atomic mass is 32.2. The van der Waals surface area contributed by atoms with E-state index in [0.717, 1.165) is 24.0 Å². The molecule has 0 bridgehead atoms. The minimum atomic E-state index is -4.46. The van der Waals surface area contributed by atoms with E-state index in [1.165, 1.54) is 6.07 Å². The molecule has 29 heavy (non-hydrogen) atoms. The third kappa shape index (κ3) is 4.26. The number of anilines is 1. The lowest BCUT2D eigenvalue weighted by Crippen LogP contribution is -2.29. The maximum atomic E-state index is 13.2. The van der Waals surface area contributed by atoms with Crippen LogP contribution in [0.1, 0.15) is 35.3 Å². The maximum Gasteiger partial charge on any atom is 0.416 e. The number of nitrogens with one attached hydrogen (secondary N) is 1. The Hall–Kier alpha value is -2.10. The number of rotatable bonds is 4. The second-order valence-corrected chi connectivity index (χ2v) is 9.04. The van der Waals surface area contributed by atoms with E-state index in [2.05, 4.69) is 5.32 Å². The number of benzene rings is 2. The van der Waals surface area contributed by atoms with Gasteiger partial charge in [-0.1, -0.05) is 30.3 Å². The fraction of sp³-hybridized carbons (Fsp3) is 0.400. The van der Waals surface area contributed by atoms with Gasteiger partial charge in [0.05, 0.1) is 36.7 Å². The highest BCUT2D eigenvalue weighted by Gasteiger charge is 2.46. The molecule has 4 rings (SSSR count). The monoisotopic (exact) mass is 427 g/mol. The molecule has 156 valence electrons. The number of hydrogen-bond donors (Lipinski definition) is 1. The molecule has 2 aliphatic rings. The molecule has 4 unspecified atom stereocenters. The minimum Gasteiger partial charge on any atom is -0.378 e. The Bertz CT molecular complexity index is 995. The Kier molecular flexibility index (Phi) is 5.08. The van der Waals surface area contributed by atoms with Crippen molar-refractivity contribution in [2.24, 2.45) is 5.92 Å². The van der Waals surface area contributed by atoms with E-state index in [0.29, 0.717) is 17.7 Å². The number of ether oxygens (including phenoxy) is 1. The largest absolute Gasteiger partial charge is 0.416 e. The van der Waals surface area contributed by atoms with Gasteiger partial charge in [-0.05, 0) is 30.2 Å². The van der Waals surface area contributed by atoms with Gasteiger partial charge in [0, 0.05) is 17.2 Å². The smallest absolute Gasteiger partial charge is 0.378 e. The third-order valence-corrected chi connectivity index (χ3v) is 5.88. The summed E-state index contributed by atoms with van der Waals surface area (Å²) in [5.74, 6) is -0.165. The summed E-state index contributed by atoms with van der Waals surface area (Å²) in [6.07, 6.45) is -4.17. The van der Waals surface area contributed by atoms with Crippen molar-refractivity contribution in [2.45, 2.75) is 30.8 Å². The summed E-state index contributed by atoms with van der Waals surface area (Å²) in [4.78, 5) is 0. The van der Waals surface area contributed by atoms with E-state index in [9.17, 15) is 21.6 Å². The van der Waals surface area contributed by atoms with Crippen molar-refractivity contribution in [1.82, 2.24) is 0 Å². The maximum absolute atomic E-state index is 13.2. The van der Waals surface area contributed by atoms with Gasteiger partial charge in [-0.25, -0.2) is 0 Å². The van der Waals surface area contributed by atoms with E-state index in [1.807, 2.05) is 30.3 Å². The van der Waals surface area contributed by atoms with Crippen LogP contribution in [0.2, 0.25) is 0 Å². The molecule has 2 aromatic carbocycles. The van der Waals surface area contributed by atoms with Crippen LogP contribution in [-0.4, -0.2) is 27.4 Å². The fourth-order valence-corrected chi connectivity index (χ4v) is 4.48. The predicted octanol–water partition coefficient (Wildman–Crippen LogP) is 4.29. The fourth-order valence-electron chi connectivity index (χ4n) is 4.08. The average molecular weight is 427 g/mol. The van der Waals surface area contributed by atoms with Crippen molar-refractivity contribution < 1.29 is 30.5 Å². The molecule has 1 fully saturated rings. The Morgan fingerprint density at radius 2 is 1.90 bits per heavy atom. The molecule has 0 aromatic heterocycles. The molecule has 2 aromatic rings. The van der Waals surface area contributed by atoms with E-state index in [4.69, 9.17) is 8.92 Å². The van der Waals surface area contributed by atoms with Crippen LogP contribution in [0.3, 0.4) is 0 Å². The number of halogens is 3. The average Bonchev–Trinajstić information content (AvgIpc) is 3.09. The second kappa shape index (κ2) is 7.30. The first-order valence-electron chi connectivity index (χ1n) is 9.14. The summed E-state index contributed by atoms with van der Waals surface area (Å²) in [5.41, 5.74) is 1.26. The molecule has 9 heteroatoms. The van der Waals surface area contributed by atoms with Crippen LogP contribution in [0.4, 0.5) is 18.9 Å². The predicted molar refractivity (Wildman–Crippen MR) is 101 cm³/mol. The summed E-state index contributed by atoms with van der Waals surface area (Å²) >= 11 is 0. The normalized spacial score (nSPS) is 26.5. The zero-order valence-electron chi connectivity index (χ0n) is 15.5. The SMILES string of the molecule is CS(=O)(=O)OCC1CC2C(c3ccccc3)Nc3ccc(C(F)(F)F)cc3C2O1. The van der Waals surface area contributed by atoms with E-state index < -0.39 is 34.1 Å². The Morgan fingerprint density at radius 3 is 2.55 bits per heavy atom. The van der Waals surface area contributed by atoms with Crippen LogP contribution in [0, 0.1) is 5.92 Å². The van der Waals surface area contributed by atoms with Crippen LogP contribution in [-0.2, 0) is 25.2 Å². The third-order valence-electron chi connectivity index (χ3n) is 5.31. The highest BCUT2D eigenvalue weighted by molar-refractivity contribution is 7.85. The first-order valence-corrected chi connectivity index (χ1v) is 11.0. The first-order chi connectivity index (χ1) is 13.6. The Labute approximate surface area is 167 Å². The molecule has 4 atom stereocenters. The van der Waals surface area contributed by atoms with Crippen molar-refractivity contribution in [3.63, 3.8) is 0 Å². The van der Waals surface area contributed by atoms with Crippen LogP contribution in [0.5, 0.6) is 0 Å². The molecule has 1 saturated heterocycles. The molecule has 0 spiro atoms. The van der Waals surface area contributed by atoms with Gasteiger partial charge >= 0.3 is 6.18 Å². The topological polar surface area (TPSA) is 64.6 Å². The van der Waals surface area contributed by atoms with Crippen LogP contribution in [0.25, 0.3) is 0 Å². The summed E-state index contributed by atoms with van der Waals surface area (Å²) in [6.45, 7) is -0.165. The lowest BCUT2D eigenvalue weighted by Gasteiger charge is -2.36. The Balaban J connectivity index is 1.70. The highest BCUT2D eigenvalue weighted by Crippen LogP contribution is 2.52. The molecule has 1 N–H and O–H groups in total. The zero-order valence-corrected chi connectivity index (χ0v) is 16.3. The first kappa shape index (κ1) is 20.2. The number of fused-ring (bicyclic) bond motifs is 3. The lowest BCUT2D eigenvalue weighted by atomic mass is 9.80. The molecule has 0 radical (unpaired) electrons. The minimum absolute atomic E-state index is 0.165. The quantitative estimate of drug-likeness (QED) is 0.738. The van der Waals surface area contributed by atoms with Crippen LogP contribution < -0.4 is 5.32 Å². The molecule has 0 amide bonds. The summed E-state index contributed by atoms with van der Waals surface area (Å²) in [6, 6.07) is 13.0. The van der Waals surface area contributed by atoms with Gasteiger partial charge < -0.3 is 10.1 Å². The molecule has 0 aliphatic carbocycles. The van der Waals surface area contributed by atoms with Crippen LogP contribution in [0.15, 0.2) is 48.5 Å². The molecular formula is C20H20F3NO4S. The van der Waals surface area contributed by atoms with Gasteiger partial charge in [-0.3, -0.25) is 4.18 Å². The number of hydrogen-bond acceptors (Lipinski definition) is 5.